The zero-order valence-electron chi connectivity index (χ0n) is 26.3. The molecule has 2 aliphatic rings. The van der Waals surface area contributed by atoms with E-state index in [1.807, 2.05) is 22.9 Å². The number of nitrogens with one attached hydrogen (secondary N) is 2. The summed E-state index contributed by atoms with van der Waals surface area (Å²) in [5.41, 5.74) is 5.47. The number of H-pyrrole nitrogens is 1. The number of hydrogen-bond donors (Lipinski definition) is 3. The Morgan fingerprint density at radius 1 is 1.04 bits per heavy atom. The molecule has 3 heterocycles. The summed E-state index contributed by atoms with van der Waals surface area (Å²) in [5.74, 6) is 0.544. The van der Waals surface area contributed by atoms with Crippen molar-refractivity contribution < 1.29 is 9.90 Å². The van der Waals surface area contributed by atoms with Gasteiger partial charge in [0.2, 0.25) is 11.7 Å². The van der Waals surface area contributed by atoms with Gasteiger partial charge in [0.05, 0.1) is 18.1 Å². The van der Waals surface area contributed by atoms with Crippen molar-refractivity contribution >= 4 is 5.91 Å². The van der Waals surface area contributed by atoms with E-state index in [1.54, 1.807) is 0 Å². The molecule has 2 aromatic carbocycles. The first-order valence-corrected chi connectivity index (χ1v) is 16.7. The van der Waals surface area contributed by atoms with Crippen LogP contribution in [0.25, 0.3) is 22.5 Å². The van der Waals surface area contributed by atoms with E-state index in [-0.39, 0.29) is 30.7 Å². The van der Waals surface area contributed by atoms with E-state index in [0.717, 1.165) is 111 Å². The first-order chi connectivity index (χ1) is 22.1. The number of hydrogen-bond acceptors (Lipinski definition) is 6. The highest BCUT2D eigenvalue weighted by Crippen LogP contribution is 2.48. The zero-order valence-corrected chi connectivity index (χ0v) is 26.3. The normalized spacial score (nSPS) is 17.6. The quantitative estimate of drug-likeness (QED) is 0.189. The fraction of sp³-hybridized carbons (Fsp3) is 0.514. The lowest BCUT2D eigenvalue weighted by Gasteiger charge is -2.45. The summed E-state index contributed by atoms with van der Waals surface area (Å²) < 4.78 is 4.23. The highest BCUT2D eigenvalue weighted by Gasteiger charge is 2.49. The first kappa shape index (κ1) is 31.0. The van der Waals surface area contributed by atoms with Gasteiger partial charge in [0, 0.05) is 36.3 Å². The summed E-state index contributed by atoms with van der Waals surface area (Å²) in [4.78, 5) is 28.3. The van der Waals surface area contributed by atoms with Crippen molar-refractivity contribution in [3.05, 3.63) is 75.7 Å². The van der Waals surface area contributed by atoms with E-state index < -0.39 is 5.41 Å². The van der Waals surface area contributed by atoms with Gasteiger partial charge in [-0.25, -0.2) is 4.68 Å². The Hall–Kier alpha value is -4.05. The molecule has 1 atom stereocenters. The van der Waals surface area contributed by atoms with Gasteiger partial charge in [-0.15, -0.1) is 10.2 Å². The van der Waals surface area contributed by atoms with E-state index in [1.165, 1.54) is 0 Å². The molecule has 45 heavy (non-hydrogen) atoms. The molecule has 0 spiro atoms. The number of aliphatic hydroxyl groups is 1. The lowest BCUT2D eigenvalue weighted by molar-refractivity contribution is -0.138. The molecule has 238 valence electrons. The molecule has 0 saturated heterocycles. The molecule has 1 unspecified atom stereocenters. The van der Waals surface area contributed by atoms with E-state index >= 15 is 0 Å². The van der Waals surface area contributed by atoms with Gasteiger partial charge in [-0.2, -0.15) is 5.21 Å². The minimum Gasteiger partial charge on any atom is -0.395 e. The molecule has 4 aromatic rings. The number of aliphatic hydroxyl groups excluding tert-OH is 1. The maximum absolute atomic E-state index is 14.5. The minimum atomic E-state index is -0.626. The number of aromatic amines is 1. The fourth-order valence-corrected chi connectivity index (χ4v) is 7.73. The third-order valence-electron chi connectivity index (χ3n) is 9.94. The largest absolute Gasteiger partial charge is 0.395 e. The molecular weight excluding hydrogens is 566 g/mol. The van der Waals surface area contributed by atoms with Crippen LogP contribution < -0.4 is 10.9 Å². The zero-order chi connectivity index (χ0) is 31.2. The number of fused-ring (bicyclic) bond motifs is 1. The second-order valence-corrected chi connectivity index (χ2v) is 12.7. The standard InChI is InChI=1S/C35H45N7O3/c1-2-3-5-13-30-29(24-25-15-17-26(18-16-25)27-11-6-7-12-28(27)32-37-39-40-38-32)33(44)42-31(14-10-22-41(30)42)35(19-8-4-9-20-35)34(45)36-21-23-43/h6-7,11-12,15-18,31,43H,2-5,8-10,13-14,19-24H2,1H3,(H,36,45)(H,37,38,39,40). The highest BCUT2D eigenvalue weighted by molar-refractivity contribution is 5.83. The van der Waals surface area contributed by atoms with Crippen LogP contribution in [0.5, 0.6) is 0 Å². The van der Waals surface area contributed by atoms with Crippen LogP contribution in [0.4, 0.5) is 0 Å². The Kier molecular flexibility index (Phi) is 9.59. The van der Waals surface area contributed by atoms with E-state index in [9.17, 15) is 14.7 Å². The third-order valence-corrected chi connectivity index (χ3v) is 9.94. The van der Waals surface area contributed by atoms with Crippen molar-refractivity contribution in [3.8, 4) is 22.5 Å². The minimum absolute atomic E-state index is 0.00595. The molecule has 1 aliphatic heterocycles. The second-order valence-electron chi connectivity index (χ2n) is 12.7. The first-order valence-electron chi connectivity index (χ1n) is 16.7. The van der Waals surface area contributed by atoms with Gasteiger partial charge in [0.1, 0.15) is 0 Å². The van der Waals surface area contributed by atoms with Crippen molar-refractivity contribution in [2.24, 2.45) is 5.41 Å². The highest BCUT2D eigenvalue weighted by atomic mass is 16.3. The number of aromatic nitrogens is 6. The van der Waals surface area contributed by atoms with Gasteiger partial charge in [0.15, 0.2) is 0 Å². The summed E-state index contributed by atoms with van der Waals surface area (Å²) in [7, 11) is 0. The van der Waals surface area contributed by atoms with E-state index in [0.29, 0.717) is 12.2 Å². The summed E-state index contributed by atoms with van der Waals surface area (Å²) in [6.07, 6.45) is 11.1. The average molecular weight is 612 g/mol. The number of carbonyl (C=O) groups is 1. The molecule has 1 amide bonds. The number of amides is 1. The molecule has 2 aromatic heterocycles. The maximum Gasteiger partial charge on any atom is 0.270 e. The molecule has 1 fully saturated rings. The van der Waals surface area contributed by atoms with Crippen LogP contribution in [0.3, 0.4) is 0 Å². The smallest absolute Gasteiger partial charge is 0.270 e. The molecule has 6 rings (SSSR count). The van der Waals surface area contributed by atoms with Crippen molar-refractivity contribution in [2.45, 2.75) is 96.6 Å². The Bertz CT molecular complexity index is 1630. The monoisotopic (exact) mass is 611 g/mol. The van der Waals surface area contributed by atoms with Crippen molar-refractivity contribution in [1.29, 1.82) is 0 Å². The van der Waals surface area contributed by atoms with Crippen LogP contribution in [-0.4, -0.2) is 54.2 Å². The van der Waals surface area contributed by atoms with Crippen LogP contribution in [0.15, 0.2) is 53.3 Å². The van der Waals surface area contributed by atoms with Gasteiger partial charge in [-0.05, 0) is 60.4 Å². The van der Waals surface area contributed by atoms with Gasteiger partial charge < -0.3 is 10.4 Å². The molecule has 10 heteroatoms. The van der Waals surface area contributed by atoms with Gasteiger partial charge in [0.25, 0.3) is 5.56 Å². The summed E-state index contributed by atoms with van der Waals surface area (Å²) in [5, 5.41) is 27.1. The van der Waals surface area contributed by atoms with Crippen LogP contribution in [0, 0.1) is 5.41 Å². The Balaban J connectivity index is 1.36. The van der Waals surface area contributed by atoms with Crippen molar-refractivity contribution in [1.82, 2.24) is 35.3 Å². The summed E-state index contributed by atoms with van der Waals surface area (Å²) in [6, 6.07) is 16.3. The van der Waals surface area contributed by atoms with Gasteiger partial charge >= 0.3 is 0 Å². The molecule has 0 radical (unpaired) electrons. The molecule has 1 saturated carbocycles. The fourth-order valence-electron chi connectivity index (χ4n) is 7.73. The van der Waals surface area contributed by atoms with Crippen LogP contribution in [-0.2, 0) is 24.2 Å². The molecule has 1 aliphatic carbocycles. The lowest BCUT2D eigenvalue weighted by atomic mass is 9.66. The topological polar surface area (TPSA) is 131 Å². The number of tetrazole rings is 1. The Labute approximate surface area is 264 Å². The van der Waals surface area contributed by atoms with Crippen LogP contribution in [0.2, 0.25) is 0 Å². The number of rotatable bonds is 12. The average Bonchev–Trinajstić information content (AvgIpc) is 3.72. The number of unbranched alkanes of at least 4 members (excludes halogenated alkanes) is 2. The molecule has 0 bridgehead atoms. The summed E-state index contributed by atoms with van der Waals surface area (Å²) in [6.45, 7) is 3.16. The lowest BCUT2D eigenvalue weighted by Crippen LogP contribution is -2.52. The SMILES string of the molecule is CCCCCc1c(Cc2ccc(-c3ccccc3-c3nn[nH]n3)cc2)c(=O)n2n1CCCC2C1(C(=O)NCCO)CCCCC1. The predicted molar refractivity (Wildman–Crippen MR) is 174 cm³/mol. The molecular formula is C35H45N7O3. The van der Waals surface area contributed by atoms with Crippen LogP contribution in [0.1, 0.15) is 94.0 Å². The second kappa shape index (κ2) is 13.9. The number of carbonyl (C=O) groups excluding carboxylic acids is 1. The van der Waals surface area contributed by atoms with Gasteiger partial charge in [-0.3, -0.25) is 14.3 Å². The van der Waals surface area contributed by atoms with Gasteiger partial charge in [-0.1, -0.05) is 87.6 Å². The van der Waals surface area contributed by atoms with Crippen molar-refractivity contribution in [3.63, 3.8) is 0 Å². The van der Waals surface area contributed by atoms with E-state index in [2.05, 4.69) is 67.9 Å². The Morgan fingerprint density at radius 3 is 2.53 bits per heavy atom. The predicted octanol–water partition coefficient (Wildman–Crippen LogP) is 5.21. The molecule has 3 N–H and O–H groups in total. The maximum atomic E-state index is 14.5. The number of nitrogens with zero attached hydrogens (tertiary/aromatic N) is 5. The number of benzene rings is 2. The Morgan fingerprint density at radius 2 is 1.82 bits per heavy atom. The van der Waals surface area contributed by atoms with Crippen LogP contribution >= 0.6 is 0 Å². The van der Waals surface area contributed by atoms with Crippen molar-refractivity contribution in [2.75, 3.05) is 13.2 Å². The third kappa shape index (κ3) is 6.12. The summed E-state index contributed by atoms with van der Waals surface area (Å²) >= 11 is 0. The van der Waals surface area contributed by atoms with E-state index in [4.69, 9.17) is 0 Å². The molecule has 10 nitrogen and oxygen atoms in total.